The van der Waals surface area contributed by atoms with Gasteiger partial charge >= 0.3 is 0 Å². The molecule has 3 aromatic rings. The molecule has 0 unspecified atom stereocenters. The number of hydrogen-bond donors (Lipinski definition) is 1. The second-order valence-corrected chi connectivity index (χ2v) is 8.80. The molecule has 1 amide bonds. The average molecular weight is 416 g/mol. The molecule has 0 fully saturated rings. The third kappa shape index (κ3) is 5.82. The third-order valence-corrected chi connectivity index (χ3v) is 5.08. The summed E-state index contributed by atoms with van der Waals surface area (Å²) < 4.78 is 5.74. The van der Waals surface area contributed by atoms with Gasteiger partial charge in [-0.15, -0.1) is 0 Å². The maximum atomic E-state index is 12.9. The summed E-state index contributed by atoms with van der Waals surface area (Å²) in [4.78, 5) is 25.5. The van der Waals surface area contributed by atoms with Crippen LogP contribution in [0.25, 0.3) is 0 Å². The molecule has 31 heavy (non-hydrogen) atoms. The van der Waals surface area contributed by atoms with Crippen molar-refractivity contribution in [3.8, 4) is 5.75 Å². The summed E-state index contributed by atoms with van der Waals surface area (Å²) >= 11 is 0. The van der Waals surface area contributed by atoms with E-state index in [1.54, 1.807) is 31.2 Å². The highest BCUT2D eigenvalue weighted by molar-refractivity contribution is 6.09. The van der Waals surface area contributed by atoms with Crippen LogP contribution in [0.5, 0.6) is 5.75 Å². The van der Waals surface area contributed by atoms with Crippen molar-refractivity contribution in [2.45, 2.75) is 46.1 Å². The molecule has 1 N–H and O–H groups in total. The van der Waals surface area contributed by atoms with E-state index in [1.807, 2.05) is 55.5 Å². The standard InChI is InChI=1S/C27H29NO3/c1-18-8-6-11-24(16-18)31-19(2)26(30)28-23-10-7-9-21(17-23)25(29)20-12-14-22(15-13-20)27(3,4)5/h6-17,19H,1-5H3,(H,28,30)/t19-/m1/s1. The first-order valence-electron chi connectivity index (χ1n) is 10.4. The molecule has 3 rings (SSSR count). The third-order valence-electron chi connectivity index (χ3n) is 5.08. The molecule has 0 aliphatic rings. The van der Waals surface area contributed by atoms with E-state index in [4.69, 9.17) is 4.74 Å². The van der Waals surface area contributed by atoms with Gasteiger partial charge in [0.25, 0.3) is 5.91 Å². The van der Waals surface area contributed by atoms with Gasteiger partial charge in [0.2, 0.25) is 0 Å². The fourth-order valence-electron chi connectivity index (χ4n) is 3.22. The number of anilines is 1. The number of aryl methyl sites for hydroxylation is 1. The Morgan fingerprint density at radius 1 is 0.871 bits per heavy atom. The van der Waals surface area contributed by atoms with E-state index in [2.05, 4.69) is 26.1 Å². The Balaban J connectivity index is 1.69. The second-order valence-electron chi connectivity index (χ2n) is 8.80. The van der Waals surface area contributed by atoms with Gasteiger partial charge < -0.3 is 10.1 Å². The Labute approximate surface area is 184 Å². The maximum Gasteiger partial charge on any atom is 0.265 e. The number of rotatable bonds is 6. The molecule has 0 aliphatic heterocycles. The number of nitrogens with one attached hydrogen (secondary N) is 1. The highest BCUT2D eigenvalue weighted by Crippen LogP contribution is 2.23. The summed E-state index contributed by atoms with van der Waals surface area (Å²) in [6.45, 7) is 10.1. The van der Waals surface area contributed by atoms with Crippen molar-refractivity contribution in [2.24, 2.45) is 0 Å². The summed E-state index contributed by atoms with van der Waals surface area (Å²) in [7, 11) is 0. The summed E-state index contributed by atoms with van der Waals surface area (Å²) in [6, 6.07) is 22.2. The van der Waals surface area contributed by atoms with Gasteiger partial charge in [0.05, 0.1) is 0 Å². The molecule has 0 aliphatic carbocycles. The highest BCUT2D eigenvalue weighted by Gasteiger charge is 2.17. The molecule has 0 saturated heterocycles. The average Bonchev–Trinajstić information content (AvgIpc) is 2.73. The maximum absolute atomic E-state index is 12.9. The largest absolute Gasteiger partial charge is 0.481 e. The van der Waals surface area contributed by atoms with Crippen LogP contribution in [0, 0.1) is 6.92 Å². The zero-order valence-corrected chi connectivity index (χ0v) is 18.7. The van der Waals surface area contributed by atoms with Crippen LogP contribution in [-0.4, -0.2) is 17.8 Å². The molecule has 160 valence electrons. The second kappa shape index (κ2) is 9.17. The van der Waals surface area contributed by atoms with E-state index >= 15 is 0 Å². The van der Waals surface area contributed by atoms with E-state index in [-0.39, 0.29) is 17.1 Å². The summed E-state index contributed by atoms with van der Waals surface area (Å²) in [5.41, 5.74) is 3.96. The van der Waals surface area contributed by atoms with Gasteiger partial charge in [-0.2, -0.15) is 0 Å². The number of carbonyl (C=O) groups is 2. The van der Waals surface area contributed by atoms with E-state index in [1.165, 1.54) is 5.56 Å². The van der Waals surface area contributed by atoms with Crippen molar-refractivity contribution in [3.63, 3.8) is 0 Å². The molecular formula is C27H29NO3. The topological polar surface area (TPSA) is 55.4 Å². The molecule has 0 spiro atoms. The van der Waals surface area contributed by atoms with Gasteiger partial charge in [-0.25, -0.2) is 0 Å². The summed E-state index contributed by atoms with van der Waals surface area (Å²) in [5, 5.41) is 2.84. The first-order valence-corrected chi connectivity index (χ1v) is 10.4. The van der Waals surface area contributed by atoms with Crippen LogP contribution in [-0.2, 0) is 10.2 Å². The number of ketones is 1. The molecule has 0 aromatic heterocycles. The fraction of sp³-hybridized carbons (Fsp3) is 0.259. The van der Waals surface area contributed by atoms with Gasteiger partial charge in [-0.3, -0.25) is 9.59 Å². The Hall–Kier alpha value is -3.40. The summed E-state index contributed by atoms with van der Waals surface area (Å²) in [6.07, 6.45) is -0.675. The van der Waals surface area contributed by atoms with E-state index in [9.17, 15) is 9.59 Å². The minimum Gasteiger partial charge on any atom is -0.481 e. The van der Waals surface area contributed by atoms with E-state index in [0.717, 1.165) is 5.56 Å². The van der Waals surface area contributed by atoms with Crippen LogP contribution in [0.2, 0.25) is 0 Å². The number of carbonyl (C=O) groups excluding carboxylic acids is 2. The first-order chi connectivity index (χ1) is 14.6. The lowest BCUT2D eigenvalue weighted by molar-refractivity contribution is -0.122. The van der Waals surface area contributed by atoms with Crippen LogP contribution in [0.1, 0.15) is 54.7 Å². The Kier molecular flexibility index (Phi) is 6.59. The summed E-state index contributed by atoms with van der Waals surface area (Å²) in [5.74, 6) is 0.284. The molecule has 0 heterocycles. The van der Waals surface area contributed by atoms with E-state index < -0.39 is 6.10 Å². The highest BCUT2D eigenvalue weighted by atomic mass is 16.5. The van der Waals surface area contributed by atoms with Crippen molar-refractivity contribution < 1.29 is 14.3 Å². The fourth-order valence-corrected chi connectivity index (χ4v) is 3.22. The van der Waals surface area contributed by atoms with Crippen molar-refractivity contribution in [1.82, 2.24) is 0 Å². The SMILES string of the molecule is Cc1cccc(O[C@H](C)C(=O)Nc2cccc(C(=O)c3ccc(C(C)(C)C)cc3)c2)c1. The van der Waals surface area contributed by atoms with Gasteiger partial charge in [-0.1, -0.05) is 69.3 Å². The van der Waals surface area contributed by atoms with Crippen LogP contribution in [0.15, 0.2) is 72.8 Å². The number of benzene rings is 3. The van der Waals surface area contributed by atoms with Crippen molar-refractivity contribution in [2.75, 3.05) is 5.32 Å². The quantitative estimate of drug-likeness (QED) is 0.508. The zero-order chi connectivity index (χ0) is 22.6. The van der Waals surface area contributed by atoms with Crippen LogP contribution >= 0.6 is 0 Å². The normalized spacial score (nSPS) is 12.2. The lowest BCUT2D eigenvalue weighted by Gasteiger charge is -2.19. The number of amides is 1. The number of ether oxygens (including phenoxy) is 1. The molecule has 0 radical (unpaired) electrons. The lowest BCUT2D eigenvalue weighted by atomic mass is 9.86. The monoisotopic (exact) mass is 415 g/mol. The van der Waals surface area contributed by atoms with Crippen LogP contribution < -0.4 is 10.1 Å². The van der Waals surface area contributed by atoms with E-state index in [0.29, 0.717) is 22.6 Å². The smallest absolute Gasteiger partial charge is 0.265 e. The predicted octanol–water partition coefficient (Wildman–Crippen LogP) is 5.93. The Bertz CT molecular complexity index is 1080. The van der Waals surface area contributed by atoms with Gasteiger partial charge in [-0.05, 0) is 54.7 Å². The molecule has 3 aromatic carbocycles. The lowest BCUT2D eigenvalue weighted by Crippen LogP contribution is -2.30. The zero-order valence-electron chi connectivity index (χ0n) is 18.7. The van der Waals surface area contributed by atoms with Gasteiger partial charge in [0.15, 0.2) is 11.9 Å². The van der Waals surface area contributed by atoms with Crippen molar-refractivity contribution in [1.29, 1.82) is 0 Å². The van der Waals surface area contributed by atoms with Crippen molar-refractivity contribution in [3.05, 3.63) is 95.1 Å². The predicted molar refractivity (Wildman–Crippen MR) is 125 cm³/mol. The molecule has 0 bridgehead atoms. The molecule has 4 nitrogen and oxygen atoms in total. The minimum absolute atomic E-state index is 0.0307. The van der Waals surface area contributed by atoms with Gasteiger partial charge in [0, 0.05) is 16.8 Å². The van der Waals surface area contributed by atoms with Crippen LogP contribution in [0.3, 0.4) is 0 Å². The Morgan fingerprint density at radius 3 is 2.19 bits per heavy atom. The van der Waals surface area contributed by atoms with Crippen LogP contribution in [0.4, 0.5) is 5.69 Å². The first kappa shape index (κ1) is 22.3. The van der Waals surface area contributed by atoms with Gasteiger partial charge in [0.1, 0.15) is 5.75 Å². The van der Waals surface area contributed by atoms with Crippen molar-refractivity contribution >= 4 is 17.4 Å². The molecule has 4 heteroatoms. The molecule has 1 atom stereocenters. The molecular weight excluding hydrogens is 386 g/mol. The number of hydrogen-bond acceptors (Lipinski definition) is 3. The Morgan fingerprint density at radius 2 is 1.55 bits per heavy atom. The minimum atomic E-state index is -0.675. The molecule has 0 saturated carbocycles.